The van der Waals surface area contributed by atoms with Crippen LogP contribution in [0.3, 0.4) is 0 Å². The van der Waals surface area contributed by atoms with Gasteiger partial charge in [-0.25, -0.2) is 4.98 Å². The second-order valence-electron chi connectivity index (χ2n) is 6.18. The van der Waals surface area contributed by atoms with Gasteiger partial charge in [-0.3, -0.25) is 14.3 Å². The quantitative estimate of drug-likeness (QED) is 0.775. The lowest BCUT2D eigenvalue weighted by atomic mass is 10.1. The van der Waals surface area contributed by atoms with Crippen LogP contribution in [0.25, 0.3) is 29.2 Å². The number of phenolic OH excluding ortho intramolecular Hbond substituents is 1. The minimum Gasteiger partial charge on any atom is -0.508 e. The van der Waals surface area contributed by atoms with Crippen molar-refractivity contribution in [1.82, 2.24) is 14.5 Å². The monoisotopic (exact) mass is 361 g/mol. The van der Waals surface area contributed by atoms with E-state index in [1.54, 1.807) is 23.0 Å². The van der Waals surface area contributed by atoms with E-state index in [4.69, 9.17) is 4.98 Å². The van der Waals surface area contributed by atoms with Gasteiger partial charge in [-0.15, -0.1) is 0 Å². The van der Waals surface area contributed by atoms with E-state index in [9.17, 15) is 9.90 Å². The third kappa shape index (κ3) is 3.53. The molecule has 2 aromatic heterocycles. The first kappa shape index (κ1) is 18.6. The molecule has 0 unspecified atom stereocenters. The molecule has 2 heterocycles. The van der Waals surface area contributed by atoms with Crippen LogP contribution in [0, 0.1) is 0 Å². The van der Waals surface area contributed by atoms with Crippen LogP contribution in [0.15, 0.2) is 47.5 Å². The number of hydrogen-bond acceptors (Lipinski definition) is 4. The van der Waals surface area contributed by atoms with Crippen LogP contribution >= 0.6 is 0 Å². The van der Waals surface area contributed by atoms with Gasteiger partial charge in [0, 0.05) is 24.0 Å². The first-order valence-corrected chi connectivity index (χ1v) is 9.12. The Morgan fingerprint density at radius 2 is 2.04 bits per heavy atom. The average molecular weight is 361 g/mol. The maximum absolute atomic E-state index is 13.4. The van der Waals surface area contributed by atoms with Crippen molar-refractivity contribution in [2.45, 2.75) is 33.6 Å². The van der Waals surface area contributed by atoms with Crippen molar-refractivity contribution in [2.75, 3.05) is 0 Å². The van der Waals surface area contributed by atoms with Crippen LogP contribution in [0.4, 0.5) is 0 Å². The molecule has 3 aromatic rings. The van der Waals surface area contributed by atoms with Gasteiger partial charge in [0.2, 0.25) is 0 Å². The van der Waals surface area contributed by atoms with Gasteiger partial charge < -0.3 is 5.11 Å². The predicted octanol–water partition coefficient (Wildman–Crippen LogP) is 2.55. The summed E-state index contributed by atoms with van der Waals surface area (Å²) in [6, 6.07) is 8.98. The van der Waals surface area contributed by atoms with Gasteiger partial charge in [0.1, 0.15) is 11.6 Å². The van der Waals surface area contributed by atoms with Gasteiger partial charge in [0.25, 0.3) is 5.56 Å². The summed E-state index contributed by atoms with van der Waals surface area (Å²) in [7, 11) is 0. The molecule has 27 heavy (non-hydrogen) atoms. The van der Waals surface area contributed by atoms with Gasteiger partial charge >= 0.3 is 0 Å². The molecule has 0 saturated carbocycles. The second-order valence-corrected chi connectivity index (χ2v) is 6.18. The maximum Gasteiger partial charge on any atom is 0.265 e. The normalized spacial score (nSPS) is 12.6. The fraction of sp³-hybridized carbons (Fsp3) is 0.227. The molecule has 0 amide bonds. The highest BCUT2D eigenvalue weighted by molar-refractivity contribution is 5.58. The predicted molar refractivity (Wildman–Crippen MR) is 108 cm³/mol. The summed E-state index contributed by atoms with van der Waals surface area (Å²) in [5, 5.41) is 11.5. The fourth-order valence-corrected chi connectivity index (χ4v) is 3.09. The molecule has 0 spiro atoms. The largest absolute Gasteiger partial charge is 0.508 e. The number of aromatic hydroxyl groups is 1. The summed E-state index contributed by atoms with van der Waals surface area (Å²) in [6.45, 7) is 5.83. The molecule has 0 fully saturated rings. The van der Waals surface area contributed by atoms with Crippen LogP contribution in [0.5, 0.6) is 5.75 Å². The molecule has 0 aliphatic rings. The first-order valence-electron chi connectivity index (χ1n) is 9.12. The van der Waals surface area contributed by atoms with Crippen molar-refractivity contribution in [1.29, 1.82) is 0 Å². The van der Waals surface area contributed by atoms with E-state index in [2.05, 4.69) is 4.98 Å². The summed E-state index contributed by atoms with van der Waals surface area (Å²) in [5.41, 5.74) is 1.98. The highest BCUT2D eigenvalue weighted by Crippen LogP contribution is 2.23. The fourth-order valence-electron chi connectivity index (χ4n) is 3.09. The van der Waals surface area contributed by atoms with Gasteiger partial charge in [0.05, 0.1) is 16.3 Å². The molecule has 1 aromatic carbocycles. The number of aromatic nitrogens is 3. The van der Waals surface area contributed by atoms with Gasteiger partial charge in [-0.05, 0) is 43.5 Å². The highest BCUT2D eigenvalue weighted by Gasteiger charge is 2.14. The van der Waals surface area contributed by atoms with Gasteiger partial charge in [-0.1, -0.05) is 32.1 Å². The average Bonchev–Trinajstić information content (AvgIpc) is 2.70. The number of hydrogen-bond donors (Lipinski definition) is 1. The van der Waals surface area contributed by atoms with Crippen LogP contribution in [0.1, 0.15) is 32.8 Å². The van der Waals surface area contributed by atoms with E-state index < -0.39 is 0 Å². The summed E-state index contributed by atoms with van der Waals surface area (Å²) >= 11 is 0. The van der Waals surface area contributed by atoms with Crippen molar-refractivity contribution in [3.63, 3.8) is 0 Å². The third-order valence-corrected chi connectivity index (χ3v) is 4.46. The van der Waals surface area contributed by atoms with E-state index in [1.807, 2.05) is 57.2 Å². The molecule has 5 heteroatoms. The van der Waals surface area contributed by atoms with Crippen LogP contribution < -0.4 is 16.1 Å². The highest BCUT2D eigenvalue weighted by atomic mass is 16.3. The summed E-state index contributed by atoms with van der Waals surface area (Å²) in [4.78, 5) is 22.3. The van der Waals surface area contributed by atoms with E-state index in [1.165, 1.54) is 0 Å². The number of phenols is 1. The molecule has 0 bridgehead atoms. The minimum atomic E-state index is -0.164. The standard InChI is InChI=1S/C22H23N3O2/c1-4-8-18-19(6-3)24-21(16-9-7-12-23-14-16)25(22(18)27)17-11-10-15(5-2)20(26)13-17/h6-14,26H,4-5H2,1-3H3/b18-8+,19-6+. The topological polar surface area (TPSA) is 68.0 Å². The van der Waals surface area contributed by atoms with Crippen molar-refractivity contribution in [3.8, 4) is 22.8 Å². The molecular formula is C22H23N3O2. The van der Waals surface area contributed by atoms with Gasteiger partial charge in [-0.2, -0.15) is 0 Å². The lowest BCUT2D eigenvalue weighted by Crippen LogP contribution is -2.47. The van der Waals surface area contributed by atoms with Crippen molar-refractivity contribution < 1.29 is 5.11 Å². The number of nitrogens with zero attached hydrogens (tertiary/aromatic N) is 3. The van der Waals surface area contributed by atoms with E-state index in [0.29, 0.717) is 28.5 Å². The van der Waals surface area contributed by atoms with E-state index in [0.717, 1.165) is 17.5 Å². The number of benzene rings is 1. The number of rotatable bonds is 4. The Bertz CT molecular complexity index is 1130. The Labute approximate surface area is 158 Å². The molecule has 138 valence electrons. The van der Waals surface area contributed by atoms with E-state index >= 15 is 0 Å². The summed E-state index contributed by atoms with van der Waals surface area (Å²) in [6.07, 6.45) is 8.53. The molecule has 0 saturated heterocycles. The summed E-state index contributed by atoms with van der Waals surface area (Å²) < 4.78 is 1.55. The smallest absolute Gasteiger partial charge is 0.265 e. The molecule has 0 atom stereocenters. The Hall–Kier alpha value is -3.21. The second kappa shape index (κ2) is 7.99. The molecule has 0 aliphatic carbocycles. The van der Waals surface area contributed by atoms with Crippen LogP contribution in [0.2, 0.25) is 0 Å². The summed E-state index contributed by atoms with van der Waals surface area (Å²) in [5.74, 6) is 0.671. The van der Waals surface area contributed by atoms with Crippen molar-refractivity contribution >= 4 is 12.2 Å². The Morgan fingerprint density at radius 3 is 2.63 bits per heavy atom. The zero-order valence-electron chi connectivity index (χ0n) is 15.8. The lowest BCUT2D eigenvalue weighted by Gasteiger charge is -2.14. The number of pyridine rings is 1. The van der Waals surface area contributed by atoms with Crippen molar-refractivity contribution in [2.24, 2.45) is 0 Å². The Balaban J connectivity index is 2.44. The molecule has 0 aliphatic heterocycles. The maximum atomic E-state index is 13.4. The van der Waals surface area contributed by atoms with Crippen LogP contribution in [-0.2, 0) is 6.42 Å². The lowest BCUT2D eigenvalue weighted by molar-refractivity contribution is 0.468. The molecule has 1 N–H and O–H groups in total. The zero-order chi connectivity index (χ0) is 19.4. The number of aryl methyl sites for hydroxylation is 1. The first-order chi connectivity index (χ1) is 13.1. The Morgan fingerprint density at radius 1 is 1.22 bits per heavy atom. The molecule has 0 radical (unpaired) electrons. The van der Waals surface area contributed by atoms with E-state index in [-0.39, 0.29) is 11.3 Å². The SMILES string of the molecule is C/C=c1/nc(-c2cccnc2)n(-c2ccc(CC)c(O)c2)c(=O)/c1=C/CC. The molecule has 3 rings (SSSR count). The molecule has 5 nitrogen and oxygen atoms in total. The van der Waals surface area contributed by atoms with Crippen molar-refractivity contribution in [3.05, 3.63) is 69.2 Å². The third-order valence-electron chi connectivity index (χ3n) is 4.46. The zero-order valence-corrected chi connectivity index (χ0v) is 15.8. The van der Waals surface area contributed by atoms with Crippen LogP contribution in [-0.4, -0.2) is 19.6 Å². The molecular weight excluding hydrogens is 338 g/mol. The minimum absolute atomic E-state index is 0.164. The Kier molecular flexibility index (Phi) is 5.50. The van der Waals surface area contributed by atoms with Gasteiger partial charge in [0.15, 0.2) is 0 Å².